The molecule has 0 aromatic carbocycles. The molecule has 2 aliphatic rings. The summed E-state index contributed by atoms with van der Waals surface area (Å²) in [7, 11) is 2.16. The topological polar surface area (TPSA) is 36.4 Å². The Morgan fingerprint density at radius 1 is 1.28 bits per heavy atom. The van der Waals surface area contributed by atoms with Gasteiger partial charge in [0.2, 0.25) is 0 Å². The molecule has 2 heterocycles. The van der Waals surface area contributed by atoms with Crippen molar-refractivity contribution in [2.75, 3.05) is 38.1 Å². The first-order valence-corrected chi connectivity index (χ1v) is 7.49. The maximum Gasteiger partial charge on any atom is 0.186 e. The molecule has 2 fully saturated rings. The van der Waals surface area contributed by atoms with Gasteiger partial charge in [0.15, 0.2) is 11.4 Å². The summed E-state index contributed by atoms with van der Waals surface area (Å²) in [5.41, 5.74) is 1.06. The highest BCUT2D eigenvalue weighted by Gasteiger charge is 2.30. The summed E-state index contributed by atoms with van der Waals surface area (Å²) < 4.78 is 0. The second-order valence-corrected chi connectivity index (χ2v) is 6.29. The third-order valence-corrected chi connectivity index (χ3v) is 4.79. The van der Waals surface area contributed by atoms with Gasteiger partial charge in [-0.1, -0.05) is 11.3 Å². The first-order valence-electron chi connectivity index (χ1n) is 6.67. The zero-order valence-electron chi connectivity index (χ0n) is 10.8. The van der Waals surface area contributed by atoms with Crippen LogP contribution in [0, 0.1) is 0 Å². The Bertz CT molecular complexity index is 441. The summed E-state index contributed by atoms with van der Waals surface area (Å²) >= 11 is 1.57. The first-order chi connectivity index (χ1) is 8.78. The van der Waals surface area contributed by atoms with E-state index in [2.05, 4.69) is 16.8 Å². The van der Waals surface area contributed by atoms with Crippen LogP contribution >= 0.6 is 11.3 Å². The van der Waals surface area contributed by atoms with Gasteiger partial charge >= 0.3 is 0 Å². The molecule has 1 aromatic heterocycles. The van der Waals surface area contributed by atoms with Crippen LogP contribution in [0.1, 0.15) is 40.5 Å². The highest BCUT2D eigenvalue weighted by Crippen LogP contribution is 2.43. The number of hydrogen-bond acceptors (Lipinski definition) is 5. The zero-order chi connectivity index (χ0) is 12.5. The fraction of sp³-hybridized carbons (Fsp3) is 0.692. The van der Waals surface area contributed by atoms with Crippen LogP contribution in [-0.4, -0.2) is 49.4 Å². The van der Waals surface area contributed by atoms with E-state index in [0.717, 1.165) is 48.2 Å². The molecule has 0 unspecified atom stereocenters. The van der Waals surface area contributed by atoms with Crippen LogP contribution in [-0.2, 0) is 0 Å². The number of hydrogen-bond donors (Lipinski definition) is 0. The molecule has 5 heteroatoms. The quantitative estimate of drug-likeness (QED) is 0.783. The van der Waals surface area contributed by atoms with Gasteiger partial charge in [0.25, 0.3) is 0 Å². The molecule has 1 aliphatic carbocycles. The lowest BCUT2D eigenvalue weighted by Crippen LogP contribution is -2.28. The zero-order valence-corrected chi connectivity index (χ0v) is 11.6. The van der Waals surface area contributed by atoms with E-state index in [-0.39, 0.29) is 0 Å². The molecule has 0 bridgehead atoms. The van der Waals surface area contributed by atoms with E-state index >= 15 is 0 Å². The Kier molecular flexibility index (Phi) is 3.35. The molecule has 1 saturated carbocycles. The summed E-state index contributed by atoms with van der Waals surface area (Å²) in [5.74, 6) is 0.560. The summed E-state index contributed by atoms with van der Waals surface area (Å²) in [6.07, 6.45) is 4.56. The molecule has 0 spiro atoms. The van der Waals surface area contributed by atoms with Crippen LogP contribution in [0.15, 0.2) is 0 Å². The second kappa shape index (κ2) is 4.97. The minimum Gasteiger partial charge on any atom is -0.347 e. The van der Waals surface area contributed by atoms with Gasteiger partial charge in [-0.3, -0.25) is 4.79 Å². The van der Waals surface area contributed by atoms with Gasteiger partial charge in [-0.05, 0) is 32.9 Å². The Morgan fingerprint density at radius 3 is 2.83 bits per heavy atom. The summed E-state index contributed by atoms with van der Waals surface area (Å²) in [5, 5.41) is 1.05. The molecule has 1 aromatic rings. The molecular formula is C13H19N3OS. The van der Waals surface area contributed by atoms with Gasteiger partial charge in [0, 0.05) is 25.6 Å². The lowest BCUT2D eigenvalue weighted by atomic mass is 10.3. The van der Waals surface area contributed by atoms with Crippen molar-refractivity contribution in [1.82, 2.24) is 9.88 Å². The number of likely N-dealkylation sites (N-methyl/N-ethyl adjacent to an activating group) is 1. The predicted octanol–water partition coefficient (Wildman–Crippen LogP) is 1.97. The minimum atomic E-state index is 0.560. The van der Waals surface area contributed by atoms with Crippen LogP contribution in [0.3, 0.4) is 0 Å². The summed E-state index contributed by atoms with van der Waals surface area (Å²) in [4.78, 5) is 21.4. The van der Waals surface area contributed by atoms with Crippen LogP contribution in [0.4, 0.5) is 5.13 Å². The first kappa shape index (κ1) is 12.1. The lowest BCUT2D eigenvalue weighted by Gasteiger charge is -2.19. The van der Waals surface area contributed by atoms with Gasteiger partial charge in [-0.2, -0.15) is 0 Å². The van der Waals surface area contributed by atoms with Crippen molar-refractivity contribution in [3.05, 3.63) is 10.6 Å². The van der Waals surface area contributed by atoms with Gasteiger partial charge in [-0.25, -0.2) is 4.98 Å². The lowest BCUT2D eigenvalue weighted by molar-refractivity contribution is 0.112. The molecule has 4 nitrogen and oxygen atoms in total. The van der Waals surface area contributed by atoms with Gasteiger partial charge < -0.3 is 9.80 Å². The van der Waals surface area contributed by atoms with Crippen molar-refractivity contribution in [1.29, 1.82) is 0 Å². The number of thiazole rings is 1. The van der Waals surface area contributed by atoms with Crippen molar-refractivity contribution >= 4 is 22.8 Å². The third kappa shape index (κ3) is 2.42. The van der Waals surface area contributed by atoms with E-state index < -0.39 is 0 Å². The maximum absolute atomic E-state index is 11.1. The highest BCUT2D eigenvalue weighted by molar-refractivity contribution is 7.17. The average molecular weight is 265 g/mol. The largest absolute Gasteiger partial charge is 0.347 e. The van der Waals surface area contributed by atoms with E-state index in [1.54, 1.807) is 11.3 Å². The monoisotopic (exact) mass is 265 g/mol. The number of rotatable bonds is 3. The third-order valence-electron chi connectivity index (χ3n) is 3.73. The fourth-order valence-electron chi connectivity index (χ4n) is 2.44. The molecule has 3 rings (SSSR count). The van der Waals surface area contributed by atoms with Crippen molar-refractivity contribution in [3.8, 4) is 0 Å². The number of aldehydes is 1. The molecular weight excluding hydrogens is 246 g/mol. The molecule has 0 atom stereocenters. The van der Waals surface area contributed by atoms with Gasteiger partial charge in [0.1, 0.15) is 0 Å². The van der Waals surface area contributed by atoms with Crippen molar-refractivity contribution in [3.63, 3.8) is 0 Å². The van der Waals surface area contributed by atoms with E-state index in [1.165, 1.54) is 19.3 Å². The van der Waals surface area contributed by atoms with E-state index in [4.69, 9.17) is 4.98 Å². The number of nitrogens with zero attached hydrogens (tertiary/aromatic N) is 3. The van der Waals surface area contributed by atoms with Crippen LogP contribution < -0.4 is 4.90 Å². The predicted molar refractivity (Wildman–Crippen MR) is 73.8 cm³/mol. The van der Waals surface area contributed by atoms with Gasteiger partial charge in [0.05, 0.1) is 10.6 Å². The Balaban J connectivity index is 1.80. The van der Waals surface area contributed by atoms with Crippen molar-refractivity contribution in [2.24, 2.45) is 0 Å². The number of anilines is 1. The van der Waals surface area contributed by atoms with Crippen molar-refractivity contribution < 1.29 is 4.79 Å². The maximum atomic E-state index is 11.1. The standard InChI is InChI=1S/C13H19N3OS/c1-15-5-2-6-16(8-7-15)13-14-12(10-3-4-10)11(9-17)18-13/h9-10H,2-8H2,1H3. The molecule has 1 saturated heterocycles. The molecule has 18 heavy (non-hydrogen) atoms. The fourth-order valence-corrected chi connectivity index (χ4v) is 3.46. The molecule has 0 amide bonds. The summed E-state index contributed by atoms with van der Waals surface area (Å²) in [6.45, 7) is 4.30. The van der Waals surface area contributed by atoms with Gasteiger partial charge in [-0.15, -0.1) is 0 Å². The minimum absolute atomic E-state index is 0.560. The molecule has 0 radical (unpaired) electrons. The van der Waals surface area contributed by atoms with Crippen molar-refractivity contribution in [2.45, 2.75) is 25.2 Å². The molecule has 0 N–H and O–H groups in total. The second-order valence-electron chi connectivity index (χ2n) is 5.28. The summed E-state index contributed by atoms with van der Waals surface area (Å²) in [6, 6.07) is 0. The molecule has 1 aliphatic heterocycles. The molecule has 98 valence electrons. The average Bonchev–Trinajstić information content (AvgIpc) is 3.16. The van der Waals surface area contributed by atoms with Crippen LogP contribution in [0.2, 0.25) is 0 Å². The Morgan fingerprint density at radius 2 is 2.11 bits per heavy atom. The SMILES string of the molecule is CN1CCCN(c2nc(C3CC3)c(C=O)s2)CC1. The number of carbonyl (C=O) groups is 1. The van der Waals surface area contributed by atoms with E-state index in [1.807, 2.05) is 0 Å². The Labute approximate surface area is 112 Å². The normalized spacial score (nSPS) is 21.9. The smallest absolute Gasteiger partial charge is 0.186 e. The Hall–Kier alpha value is -0.940. The van der Waals surface area contributed by atoms with E-state index in [0.29, 0.717) is 5.92 Å². The van der Waals surface area contributed by atoms with Crippen LogP contribution in [0.5, 0.6) is 0 Å². The number of carbonyl (C=O) groups excluding carboxylic acids is 1. The van der Waals surface area contributed by atoms with Crippen LogP contribution in [0.25, 0.3) is 0 Å². The number of aromatic nitrogens is 1. The van der Waals surface area contributed by atoms with E-state index in [9.17, 15) is 4.79 Å². The highest BCUT2D eigenvalue weighted by atomic mass is 32.1.